The molecule has 1 aromatic rings. The van der Waals surface area contributed by atoms with E-state index in [4.69, 9.17) is 0 Å². The molecule has 0 spiro atoms. The fourth-order valence-corrected chi connectivity index (χ4v) is 2.06. The number of hydrogen-bond donors (Lipinski definition) is 2. The van der Waals surface area contributed by atoms with Crippen LogP contribution < -0.4 is 10.6 Å². The Bertz CT molecular complexity index is 460. The van der Waals surface area contributed by atoms with E-state index in [0.29, 0.717) is 18.2 Å². The maximum atomic E-state index is 11.8. The second-order valence-corrected chi connectivity index (χ2v) is 4.97. The highest BCUT2D eigenvalue weighted by Crippen LogP contribution is 2.20. The predicted octanol–water partition coefficient (Wildman–Crippen LogP) is 0.790. The van der Waals surface area contributed by atoms with E-state index >= 15 is 0 Å². The molecule has 8 heteroatoms. The first-order chi connectivity index (χ1) is 9.08. The van der Waals surface area contributed by atoms with Crippen molar-refractivity contribution in [1.82, 2.24) is 25.4 Å². The zero-order valence-electron chi connectivity index (χ0n) is 10.9. The third-order valence-electron chi connectivity index (χ3n) is 2.13. The van der Waals surface area contributed by atoms with Crippen molar-refractivity contribution >= 4 is 23.7 Å². The number of amides is 3. The van der Waals surface area contributed by atoms with Gasteiger partial charge >= 0.3 is 6.03 Å². The molecule has 0 aromatic carbocycles. The molecule has 2 N–H and O–H groups in total. The Morgan fingerprint density at radius 1 is 1.63 bits per heavy atom. The quantitative estimate of drug-likeness (QED) is 0.595. The molecule has 1 rings (SSSR count). The molecule has 3 amide bonds. The molecule has 0 bridgehead atoms. The van der Waals surface area contributed by atoms with Gasteiger partial charge in [-0.25, -0.2) is 4.79 Å². The fraction of sp³-hybridized carbons (Fsp3) is 0.455. The van der Waals surface area contributed by atoms with Gasteiger partial charge in [0.2, 0.25) is 5.91 Å². The normalized spacial score (nSPS) is 11.7. The second-order valence-electron chi connectivity index (χ2n) is 3.66. The summed E-state index contributed by atoms with van der Waals surface area (Å²) in [6.45, 7) is 8.15. The van der Waals surface area contributed by atoms with Crippen LogP contribution in [0.1, 0.15) is 13.8 Å². The summed E-state index contributed by atoms with van der Waals surface area (Å²) in [7, 11) is 0. The van der Waals surface area contributed by atoms with Gasteiger partial charge in [-0.1, -0.05) is 17.8 Å². The van der Waals surface area contributed by atoms with Gasteiger partial charge in [-0.05, 0) is 13.8 Å². The van der Waals surface area contributed by atoms with Crippen molar-refractivity contribution in [2.45, 2.75) is 30.8 Å². The van der Waals surface area contributed by atoms with Crippen molar-refractivity contribution in [2.75, 3.05) is 6.54 Å². The first-order valence-corrected chi connectivity index (χ1v) is 6.70. The summed E-state index contributed by atoms with van der Waals surface area (Å²) in [5.41, 5.74) is 0. The summed E-state index contributed by atoms with van der Waals surface area (Å²) in [6, 6.07) is -0.493. The number of nitrogens with one attached hydrogen (secondary N) is 2. The molecule has 0 aliphatic rings. The summed E-state index contributed by atoms with van der Waals surface area (Å²) in [6.07, 6.45) is 3.28. The van der Waals surface area contributed by atoms with Crippen molar-refractivity contribution < 1.29 is 9.59 Å². The standard InChI is InChI=1S/C11H17N5O2S/c1-4-6-16-7-13-15-11(16)19-8(3)9(17)14-10(18)12-5-2/h4,7-8H,1,5-6H2,2-3H3,(H2,12,14,17,18). The molecule has 0 saturated carbocycles. The topological polar surface area (TPSA) is 88.9 Å². The van der Waals surface area contributed by atoms with Gasteiger partial charge < -0.3 is 9.88 Å². The molecule has 0 fully saturated rings. The van der Waals surface area contributed by atoms with E-state index in [-0.39, 0.29) is 5.91 Å². The lowest BCUT2D eigenvalue weighted by Crippen LogP contribution is -2.42. The summed E-state index contributed by atoms with van der Waals surface area (Å²) in [5, 5.41) is 12.6. The highest BCUT2D eigenvalue weighted by Gasteiger charge is 2.19. The van der Waals surface area contributed by atoms with Crippen LogP contribution in [-0.2, 0) is 11.3 Å². The van der Waals surface area contributed by atoms with E-state index in [2.05, 4.69) is 27.4 Å². The molecule has 19 heavy (non-hydrogen) atoms. The van der Waals surface area contributed by atoms with Crippen LogP contribution in [0.15, 0.2) is 24.1 Å². The number of carbonyl (C=O) groups is 2. The van der Waals surface area contributed by atoms with Crippen LogP contribution in [0.25, 0.3) is 0 Å². The lowest BCUT2D eigenvalue weighted by molar-refractivity contribution is -0.119. The van der Waals surface area contributed by atoms with Crippen molar-refractivity contribution in [1.29, 1.82) is 0 Å². The Morgan fingerprint density at radius 3 is 3.00 bits per heavy atom. The zero-order chi connectivity index (χ0) is 14.3. The van der Waals surface area contributed by atoms with Crippen molar-refractivity contribution in [2.24, 2.45) is 0 Å². The first kappa shape index (κ1) is 15.2. The Morgan fingerprint density at radius 2 is 2.37 bits per heavy atom. The molecule has 0 radical (unpaired) electrons. The van der Waals surface area contributed by atoms with Crippen molar-refractivity contribution in [3.05, 3.63) is 19.0 Å². The van der Waals surface area contributed by atoms with E-state index in [1.807, 2.05) is 0 Å². The smallest absolute Gasteiger partial charge is 0.321 e. The minimum Gasteiger partial charge on any atom is -0.338 e. The average molecular weight is 283 g/mol. The number of aromatic nitrogens is 3. The molecule has 1 heterocycles. The third kappa shape index (κ3) is 4.74. The largest absolute Gasteiger partial charge is 0.338 e. The monoisotopic (exact) mass is 283 g/mol. The fourth-order valence-electron chi connectivity index (χ4n) is 1.23. The Labute approximate surface area is 115 Å². The minimum absolute atomic E-state index is 0.371. The van der Waals surface area contributed by atoms with Crippen LogP contribution in [0.2, 0.25) is 0 Å². The van der Waals surface area contributed by atoms with E-state index in [0.717, 1.165) is 0 Å². The number of urea groups is 1. The molecule has 0 saturated heterocycles. The molecule has 1 atom stereocenters. The van der Waals surface area contributed by atoms with Crippen LogP contribution in [0.5, 0.6) is 0 Å². The number of carbonyl (C=O) groups excluding carboxylic acids is 2. The van der Waals surface area contributed by atoms with Crippen LogP contribution in [0, 0.1) is 0 Å². The summed E-state index contributed by atoms with van der Waals surface area (Å²) < 4.78 is 1.77. The van der Waals surface area contributed by atoms with Crippen LogP contribution >= 0.6 is 11.8 Å². The molecule has 104 valence electrons. The maximum absolute atomic E-state index is 11.8. The van der Waals surface area contributed by atoms with E-state index in [1.165, 1.54) is 11.8 Å². The highest BCUT2D eigenvalue weighted by molar-refractivity contribution is 8.00. The van der Waals surface area contributed by atoms with Crippen LogP contribution in [-0.4, -0.2) is 38.5 Å². The van der Waals surface area contributed by atoms with Gasteiger partial charge in [0.1, 0.15) is 6.33 Å². The second kappa shape index (κ2) is 7.57. The molecule has 1 unspecified atom stereocenters. The average Bonchev–Trinajstić information content (AvgIpc) is 2.77. The van der Waals surface area contributed by atoms with Gasteiger partial charge in [0, 0.05) is 13.1 Å². The molecule has 0 aliphatic heterocycles. The van der Waals surface area contributed by atoms with Crippen LogP contribution in [0.3, 0.4) is 0 Å². The Kier molecular flexibility index (Phi) is 6.07. The summed E-state index contributed by atoms with van der Waals surface area (Å²) in [5.74, 6) is -0.371. The van der Waals surface area contributed by atoms with E-state index in [1.54, 1.807) is 30.8 Å². The third-order valence-corrected chi connectivity index (χ3v) is 3.23. The lowest BCUT2D eigenvalue weighted by Gasteiger charge is -2.11. The minimum atomic E-state index is -0.493. The Hall–Kier alpha value is -1.83. The maximum Gasteiger partial charge on any atom is 0.321 e. The molecular weight excluding hydrogens is 266 g/mol. The SMILES string of the molecule is C=CCn1cnnc1SC(C)C(=O)NC(=O)NCC. The van der Waals surface area contributed by atoms with E-state index < -0.39 is 11.3 Å². The van der Waals surface area contributed by atoms with Gasteiger partial charge in [-0.3, -0.25) is 10.1 Å². The predicted molar refractivity (Wildman–Crippen MR) is 72.8 cm³/mol. The van der Waals surface area contributed by atoms with Gasteiger partial charge in [-0.2, -0.15) is 0 Å². The number of thioether (sulfide) groups is 1. The first-order valence-electron chi connectivity index (χ1n) is 5.82. The number of allylic oxidation sites excluding steroid dienone is 1. The number of imide groups is 1. The van der Waals surface area contributed by atoms with Crippen molar-refractivity contribution in [3.63, 3.8) is 0 Å². The van der Waals surface area contributed by atoms with Gasteiger partial charge in [0.05, 0.1) is 5.25 Å². The number of nitrogens with zero attached hydrogens (tertiary/aromatic N) is 3. The highest BCUT2D eigenvalue weighted by atomic mass is 32.2. The zero-order valence-corrected chi connectivity index (χ0v) is 11.7. The summed E-state index contributed by atoms with van der Waals surface area (Å²) >= 11 is 1.23. The van der Waals surface area contributed by atoms with Crippen LogP contribution in [0.4, 0.5) is 4.79 Å². The number of hydrogen-bond acceptors (Lipinski definition) is 5. The molecular formula is C11H17N5O2S. The lowest BCUT2D eigenvalue weighted by atomic mass is 10.4. The molecule has 7 nitrogen and oxygen atoms in total. The van der Waals surface area contributed by atoms with Gasteiger partial charge in [0.25, 0.3) is 0 Å². The summed E-state index contributed by atoms with van der Waals surface area (Å²) in [4.78, 5) is 23.0. The Balaban J connectivity index is 2.56. The van der Waals surface area contributed by atoms with Gasteiger partial charge in [0.15, 0.2) is 5.16 Å². The molecule has 0 aliphatic carbocycles. The van der Waals surface area contributed by atoms with E-state index in [9.17, 15) is 9.59 Å². The molecule has 1 aromatic heterocycles. The van der Waals surface area contributed by atoms with Gasteiger partial charge in [-0.15, -0.1) is 16.8 Å². The number of rotatable bonds is 6. The van der Waals surface area contributed by atoms with Crippen molar-refractivity contribution in [3.8, 4) is 0 Å².